The van der Waals surface area contributed by atoms with Crippen LogP contribution in [0, 0.1) is 3.57 Å². The summed E-state index contributed by atoms with van der Waals surface area (Å²) in [7, 11) is 0. The van der Waals surface area contributed by atoms with Gasteiger partial charge in [0.1, 0.15) is 0 Å². The van der Waals surface area contributed by atoms with Crippen molar-refractivity contribution in [1.29, 1.82) is 0 Å². The Labute approximate surface area is 126 Å². The largest absolute Gasteiger partial charge is 0.384 e. The van der Waals surface area contributed by atoms with Crippen molar-refractivity contribution in [3.8, 4) is 0 Å². The van der Waals surface area contributed by atoms with Gasteiger partial charge in [0.15, 0.2) is 0 Å². The summed E-state index contributed by atoms with van der Waals surface area (Å²) in [6.07, 6.45) is 11.1. The van der Waals surface area contributed by atoms with E-state index in [1.807, 2.05) is 0 Å². The Kier molecular flexibility index (Phi) is 9.35. The highest BCUT2D eigenvalue weighted by Crippen LogP contribution is 2.17. The maximum Gasteiger partial charge on any atom is 0.0475 e. The van der Waals surface area contributed by atoms with Gasteiger partial charge in [0, 0.05) is 15.8 Å². The molecule has 0 bridgehead atoms. The van der Waals surface area contributed by atoms with Crippen molar-refractivity contribution in [2.75, 3.05) is 11.9 Å². The molecule has 0 aliphatic carbocycles. The Balaban J connectivity index is 1.94. The molecule has 1 aromatic rings. The van der Waals surface area contributed by atoms with Gasteiger partial charge in [0.2, 0.25) is 0 Å². The van der Waals surface area contributed by atoms with E-state index in [0.29, 0.717) is 0 Å². The molecule has 0 aliphatic heterocycles. The number of para-hydroxylation sites is 1. The first-order valence-corrected chi connectivity index (χ1v) is 8.41. The SMILES string of the molecule is CCCCCCCCCCNc1ccccc1I. The normalized spacial score (nSPS) is 10.6. The maximum absolute atomic E-state index is 3.52. The molecule has 0 unspecified atom stereocenters. The first kappa shape index (κ1) is 15.8. The number of nitrogens with one attached hydrogen (secondary N) is 1. The lowest BCUT2D eigenvalue weighted by Gasteiger charge is -2.08. The standard InChI is InChI=1S/C16H26IN/c1-2-3-4-5-6-7-8-11-14-18-16-13-10-9-12-15(16)17/h9-10,12-13,18H,2-8,11,14H2,1H3. The molecule has 2 heteroatoms. The second kappa shape index (κ2) is 10.7. The van der Waals surface area contributed by atoms with E-state index in [0.717, 1.165) is 6.54 Å². The summed E-state index contributed by atoms with van der Waals surface area (Å²) in [4.78, 5) is 0. The summed E-state index contributed by atoms with van der Waals surface area (Å²) in [6, 6.07) is 8.49. The van der Waals surface area contributed by atoms with Crippen molar-refractivity contribution in [1.82, 2.24) is 0 Å². The number of benzene rings is 1. The van der Waals surface area contributed by atoms with Gasteiger partial charge in [-0.3, -0.25) is 0 Å². The average molecular weight is 359 g/mol. The van der Waals surface area contributed by atoms with Crippen LogP contribution in [-0.4, -0.2) is 6.54 Å². The first-order chi connectivity index (χ1) is 8.84. The highest BCUT2D eigenvalue weighted by Gasteiger charge is 1.96. The van der Waals surface area contributed by atoms with Crippen molar-refractivity contribution in [2.24, 2.45) is 0 Å². The molecule has 1 aromatic carbocycles. The fourth-order valence-corrected chi connectivity index (χ4v) is 2.66. The Morgan fingerprint density at radius 2 is 1.50 bits per heavy atom. The minimum Gasteiger partial charge on any atom is -0.384 e. The van der Waals surface area contributed by atoms with E-state index in [-0.39, 0.29) is 0 Å². The number of halogens is 1. The van der Waals surface area contributed by atoms with Crippen LogP contribution in [0.4, 0.5) is 5.69 Å². The summed E-state index contributed by atoms with van der Waals surface area (Å²) in [5, 5.41) is 3.52. The van der Waals surface area contributed by atoms with Gasteiger partial charge in [-0.1, -0.05) is 64.0 Å². The van der Waals surface area contributed by atoms with Gasteiger partial charge in [0.05, 0.1) is 0 Å². The zero-order valence-electron chi connectivity index (χ0n) is 11.6. The molecule has 1 rings (SSSR count). The molecule has 0 amide bonds. The molecule has 0 heterocycles. The minimum atomic E-state index is 1.11. The van der Waals surface area contributed by atoms with Gasteiger partial charge >= 0.3 is 0 Å². The smallest absolute Gasteiger partial charge is 0.0475 e. The summed E-state index contributed by atoms with van der Waals surface area (Å²) in [5.74, 6) is 0. The zero-order valence-corrected chi connectivity index (χ0v) is 13.7. The third kappa shape index (κ3) is 7.24. The summed E-state index contributed by atoms with van der Waals surface area (Å²) < 4.78 is 1.31. The molecule has 0 saturated carbocycles. The molecule has 0 aliphatic rings. The monoisotopic (exact) mass is 359 g/mol. The maximum atomic E-state index is 3.52. The van der Waals surface area contributed by atoms with Crippen molar-refractivity contribution in [3.63, 3.8) is 0 Å². The van der Waals surface area contributed by atoms with Crippen LogP contribution in [0.3, 0.4) is 0 Å². The van der Waals surface area contributed by atoms with Crippen LogP contribution in [0.25, 0.3) is 0 Å². The van der Waals surface area contributed by atoms with Crippen molar-refractivity contribution < 1.29 is 0 Å². The summed E-state index contributed by atoms with van der Waals surface area (Å²) in [5.41, 5.74) is 1.28. The molecule has 0 aromatic heterocycles. The molecule has 0 fully saturated rings. The predicted octanol–water partition coefficient (Wildman–Crippen LogP) is 5.84. The zero-order chi connectivity index (χ0) is 13.1. The van der Waals surface area contributed by atoms with Crippen LogP contribution >= 0.6 is 22.6 Å². The van der Waals surface area contributed by atoms with E-state index in [1.54, 1.807) is 0 Å². The molecule has 0 saturated heterocycles. The lowest BCUT2D eigenvalue weighted by atomic mass is 10.1. The topological polar surface area (TPSA) is 12.0 Å². The van der Waals surface area contributed by atoms with Gasteiger partial charge in [-0.2, -0.15) is 0 Å². The molecule has 0 spiro atoms. The van der Waals surface area contributed by atoms with Gasteiger partial charge in [0.25, 0.3) is 0 Å². The van der Waals surface area contributed by atoms with E-state index in [9.17, 15) is 0 Å². The quantitative estimate of drug-likeness (QED) is 0.409. The molecular weight excluding hydrogens is 333 g/mol. The van der Waals surface area contributed by atoms with Gasteiger partial charge in [-0.05, 0) is 41.1 Å². The van der Waals surface area contributed by atoms with Gasteiger partial charge in [-0.25, -0.2) is 0 Å². The number of hydrogen-bond donors (Lipinski definition) is 1. The Morgan fingerprint density at radius 3 is 2.17 bits per heavy atom. The molecule has 0 radical (unpaired) electrons. The van der Waals surface area contributed by atoms with Crippen LogP contribution < -0.4 is 5.32 Å². The predicted molar refractivity (Wildman–Crippen MR) is 90.3 cm³/mol. The van der Waals surface area contributed by atoms with Crippen LogP contribution in [0.5, 0.6) is 0 Å². The lowest BCUT2D eigenvalue weighted by Crippen LogP contribution is -2.02. The van der Waals surface area contributed by atoms with Crippen molar-refractivity contribution in [3.05, 3.63) is 27.8 Å². The van der Waals surface area contributed by atoms with E-state index >= 15 is 0 Å². The third-order valence-corrected chi connectivity index (χ3v) is 4.16. The highest BCUT2D eigenvalue weighted by atomic mass is 127. The second-order valence-corrected chi connectivity index (χ2v) is 6.04. The van der Waals surface area contributed by atoms with E-state index in [2.05, 4.69) is 59.1 Å². The van der Waals surface area contributed by atoms with Crippen molar-refractivity contribution >= 4 is 28.3 Å². The minimum absolute atomic E-state index is 1.11. The summed E-state index contributed by atoms with van der Waals surface area (Å²) >= 11 is 2.39. The molecule has 102 valence electrons. The van der Waals surface area contributed by atoms with Crippen LogP contribution in [0.2, 0.25) is 0 Å². The van der Waals surface area contributed by atoms with Crippen LogP contribution in [-0.2, 0) is 0 Å². The molecule has 0 atom stereocenters. The first-order valence-electron chi connectivity index (χ1n) is 7.33. The summed E-state index contributed by atoms with van der Waals surface area (Å²) in [6.45, 7) is 3.38. The van der Waals surface area contributed by atoms with E-state index < -0.39 is 0 Å². The Bertz CT molecular complexity index is 312. The van der Waals surface area contributed by atoms with Crippen LogP contribution in [0.15, 0.2) is 24.3 Å². The molecule has 1 N–H and O–H groups in total. The molecule has 18 heavy (non-hydrogen) atoms. The number of anilines is 1. The third-order valence-electron chi connectivity index (χ3n) is 3.22. The number of rotatable bonds is 10. The highest BCUT2D eigenvalue weighted by molar-refractivity contribution is 14.1. The Hall–Kier alpha value is -0.250. The van der Waals surface area contributed by atoms with Crippen LogP contribution in [0.1, 0.15) is 58.3 Å². The van der Waals surface area contributed by atoms with Gasteiger partial charge < -0.3 is 5.32 Å². The number of hydrogen-bond acceptors (Lipinski definition) is 1. The molecular formula is C16H26IN. The fourth-order valence-electron chi connectivity index (χ4n) is 2.09. The van der Waals surface area contributed by atoms with E-state index in [4.69, 9.17) is 0 Å². The average Bonchev–Trinajstić information content (AvgIpc) is 2.39. The van der Waals surface area contributed by atoms with E-state index in [1.165, 1.54) is 60.6 Å². The van der Waals surface area contributed by atoms with Crippen molar-refractivity contribution in [2.45, 2.75) is 58.3 Å². The van der Waals surface area contributed by atoms with Gasteiger partial charge in [-0.15, -0.1) is 0 Å². The molecule has 1 nitrogen and oxygen atoms in total. The fraction of sp³-hybridized carbons (Fsp3) is 0.625. The second-order valence-electron chi connectivity index (χ2n) is 4.88. The number of unbranched alkanes of at least 4 members (excludes halogenated alkanes) is 7. The lowest BCUT2D eigenvalue weighted by molar-refractivity contribution is 0.581. The Morgan fingerprint density at radius 1 is 0.889 bits per heavy atom.